The van der Waals surface area contributed by atoms with Crippen LogP contribution in [0.2, 0.25) is 0 Å². The molecule has 0 aromatic heterocycles. The van der Waals surface area contributed by atoms with Gasteiger partial charge in [0.05, 0.1) is 6.54 Å². The molecule has 1 aliphatic rings. The molecule has 0 unspecified atom stereocenters. The molecule has 0 spiro atoms. The van der Waals surface area contributed by atoms with E-state index in [0.717, 1.165) is 0 Å². The minimum atomic E-state index is -0.296. The highest BCUT2D eigenvalue weighted by molar-refractivity contribution is 14.1. The number of nitrogens with one attached hydrogen (secondary N) is 1. The number of halogens is 1. The highest BCUT2D eigenvalue weighted by Gasteiger charge is 2.06. The summed E-state index contributed by atoms with van der Waals surface area (Å²) >= 11 is 2.28. The van der Waals surface area contributed by atoms with Gasteiger partial charge in [0.25, 0.3) is 0 Å². The van der Waals surface area contributed by atoms with E-state index in [-0.39, 0.29) is 6.09 Å². The van der Waals surface area contributed by atoms with E-state index in [4.69, 9.17) is 0 Å². The van der Waals surface area contributed by atoms with Crippen molar-refractivity contribution in [1.29, 1.82) is 0 Å². The minimum Gasteiger partial charge on any atom is -0.448 e. The van der Waals surface area contributed by atoms with Gasteiger partial charge in [-0.15, -0.1) is 0 Å². The van der Waals surface area contributed by atoms with Crippen LogP contribution in [0.1, 0.15) is 0 Å². The Morgan fingerprint density at radius 3 is 2.23 bits per heavy atom. The minimum absolute atomic E-state index is 0.296. The Morgan fingerprint density at radius 1 is 1.31 bits per heavy atom. The van der Waals surface area contributed by atoms with Crippen molar-refractivity contribution in [1.82, 2.24) is 5.32 Å². The zero-order valence-electron chi connectivity index (χ0n) is 7.00. The van der Waals surface area contributed by atoms with Crippen molar-refractivity contribution in [2.24, 2.45) is 0 Å². The number of carbonyl (C=O) groups excluding carboxylic acids is 1. The lowest BCUT2D eigenvalue weighted by Gasteiger charge is -1.80. The molecule has 0 saturated carbocycles. The van der Waals surface area contributed by atoms with Gasteiger partial charge in [-0.25, -0.2) is 4.79 Å². The molecule has 1 aromatic carbocycles. The zero-order valence-corrected chi connectivity index (χ0v) is 9.15. The smallest absolute Gasteiger partial charge is 0.407 e. The van der Waals surface area contributed by atoms with E-state index in [0.29, 0.717) is 13.2 Å². The molecule has 4 heteroatoms. The molecule has 3 nitrogen and oxygen atoms in total. The standard InChI is InChI=1S/C6H5I.C3H5NO2/c7-6-4-2-1-3-5-6;5-3-4-1-2-6-3/h1-5H;1-2H2,(H,4,5). The molecule has 2 rings (SSSR count). The molecule has 1 aliphatic heterocycles. The molecule has 0 aliphatic carbocycles. The third-order valence-corrected chi connectivity index (χ3v) is 2.06. The number of cyclic esters (lactones) is 1. The summed E-state index contributed by atoms with van der Waals surface area (Å²) in [6, 6.07) is 10.2. The maximum atomic E-state index is 9.91. The monoisotopic (exact) mass is 291 g/mol. The van der Waals surface area contributed by atoms with Crippen LogP contribution in [-0.2, 0) is 4.74 Å². The quantitative estimate of drug-likeness (QED) is 0.743. The SMILES string of the molecule is Ic1ccccc1.O=C1NCCO1. The molecule has 1 fully saturated rings. The molecule has 1 N–H and O–H groups in total. The highest BCUT2D eigenvalue weighted by Crippen LogP contribution is 1.99. The van der Waals surface area contributed by atoms with Crippen molar-refractivity contribution in [3.05, 3.63) is 33.9 Å². The van der Waals surface area contributed by atoms with Crippen LogP contribution in [0.4, 0.5) is 4.79 Å². The topological polar surface area (TPSA) is 38.3 Å². The molecular weight excluding hydrogens is 281 g/mol. The summed E-state index contributed by atoms with van der Waals surface area (Å²) in [6.45, 7) is 1.19. The Balaban J connectivity index is 0.000000132. The van der Waals surface area contributed by atoms with E-state index in [1.54, 1.807) is 0 Å². The maximum Gasteiger partial charge on any atom is 0.407 e. The van der Waals surface area contributed by atoms with Gasteiger partial charge in [-0.05, 0) is 34.7 Å². The average Bonchev–Trinajstić information content (AvgIpc) is 2.58. The van der Waals surface area contributed by atoms with Crippen molar-refractivity contribution in [2.75, 3.05) is 13.2 Å². The summed E-state index contributed by atoms with van der Waals surface area (Å²) in [4.78, 5) is 9.91. The zero-order chi connectivity index (χ0) is 9.52. The Bertz CT molecular complexity index is 256. The third kappa shape index (κ3) is 4.72. The van der Waals surface area contributed by atoms with Gasteiger partial charge in [-0.2, -0.15) is 0 Å². The molecule has 70 valence electrons. The number of benzene rings is 1. The molecule has 0 bridgehead atoms. The fourth-order valence-electron chi connectivity index (χ4n) is 0.763. The maximum absolute atomic E-state index is 9.91. The Morgan fingerprint density at radius 2 is 2.00 bits per heavy atom. The Labute approximate surface area is 90.6 Å². The fourth-order valence-corrected chi connectivity index (χ4v) is 1.18. The average molecular weight is 291 g/mol. The van der Waals surface area contributed by atoms with Gasteiger partial charge >= 0.3 is 6.09 Å². The number of ether oxygens (including phenoxy) is 1. The summed E-state index contributed by atoms with van der Waals surface area (Å²) in [6.07, 6.45) is -0.296. The summed E-state index contributed by atoms with van der Waals surface area (Å²) in [7, 11) is 0. The van der Waals surface area contributed by atoms with Gasteiger partial charge in [-0.1, -0.05) is 18.2 Å². The molecule has 0 atom stereocenters. The van der Waals surface area contributed by atoms with Crippen LogP contribution in [0.15, 0.2) is 30.3 Å². The summed E-state index contributed by atoms with van der Waals surface area (Å²) < 4.78 is 5.69. The number of amides is 1. The predicted octanol–water partition coefficient (Wildman–Crippen LogP) is 2.02. The number of alkyl carbamates (subject to hydrolysis) is 1. The van der Waals surface area contributed by atoms with Crippen molar-refractivity contribution in [3.63, 3.8) is 0 Å². The number of carbonyl (C=O) groups is 1. The number of hydrogen-bond acceptors (Lipinski definition) is 2. The second-order valence-electron chi connectivity index (χ2n) is 2.36. The van der Waals surface area contributed by atoms with Crippen LogP contribution >= 0.6 is 22.6 Å². The highest BCUT2D eigenvalue weighted by atomic mass is 127. The Kier molecular flexibility index (Phi) is 4.59. The molecule has 1 heterocycles. The van der Waals surface area contributed by atoms with E-state index in [1.807, 2.05) is 18.2 Å². The van der Waals surface area contributed by atoms with Crippen LogP contribution < -0.4 is 5.32 Å². The number of rotatable bonds is 0. The molecule has 1 aromatic rings. The van der Waals surface area contributed by atoms with Crippen molar-refractivity contribution in [3.8, 4) is 0 Å². The lowest BCUT2D eigenvalue weighted by Crippen LogP contribution is -2.11. The van der Waals surface area contributed by atoms with E-state index in [1.165, 1.54) is 3.57 Å². The Hall–Kier alpha value is -0.780. The van der Waals surface area contributed by atoms with E-state index < -0.39 is 0 Å². The van der Waals surface area contributed by atoms with Crippen LogP contribution in [-0.4, -0.2) is 19.2 Å². The van der Waals surface area contributed by atoms with Crippen LogP contribution in [0.5, 0.6) is 0 Å². The van der Waals surface area contributed by atoms with Gasteiger partial charge < -0.3 is 10.1 Å². The van der Waals surface area contributed by atoms with Gasteiger partial charge in [0.2, 0.25) is 0 Å². The van der Waals surface area contributed by atoms with E-state index in [9.17, 15) is 4.79 Å². The third-order valence-electron chi connectivity index (χ3n) is 1.34. The first kappa shape index (κ1) is 10.3. The van der Waals surface area contributed by atoms with Gasteiger partial charge in [0.15, 0.2) is 0 Å². The summed E-state index contributed by atoms with van der Waals surface area (Å²) in [5.74, 6) is 0. The predicted molar refractivity (Wildman–Crippen MR) is 58.5 cm³/mol. The van der Waals surface area contributed by atoms with Gasteiger partial charge in [0, 0.05) is 3.57 Å². The van der Waals surface area contributed by atoms with Crippen molar-refractivity contribution in [2.45, 2.75) is 0 Å². The first-order valence-corrected chi connectivity index (χ1v) is 4.98. The van der Waals surface area contributed by atoms with Crippen molar-refractivity contribution < 1.29 is 9.53 Å². The van der Waals surface area contributed by atoms with Gasteiger partial charge in [0.1, 0.15) is 6.61 Å². The molecule has 13 heavy (non-hydrogen) atoms. The van der Waals surface area contributed by atoms with Crippen molar-refractivity contribution >= 4 is 28.7 Å². The van der Waals surface area contributed by atoms with Crippen LogP contribution in [0, 0.1) is 3.57 Å². The summed E-state index contributed by atoms with van der Waals surface area (Å²) in [5, 5.41) is 2.46. The first-order chi connectivity index (χ1) is 6.29. The first-order valence-electron chi connectivity index (χ1n) is 3.90. The molecular formula is C9H10INO2. The lowest BCUT2D eigenvalue weighted by molar-refractivity contribution is 0.178. The van der Waals surface area contributed by atoms with Crippen LogP contribution in [0.25, 0.3) is 0 Å². The molecule has 0 radical (unpaired) electrons. The lowest BCUT2D eigenvalue weighted by atomic mass is 10.4. The summed E-state index contributed by atoms with van der Waals surface area (Å²) in [5.41, 5.74) is 0. The second kappa shape index (κ2) is 5.80. The second-order valence-corrected chi connectivity index (χ2v) is 3.60. The van der Waals surface area contributed by atoms with Gasteiger partial charge in [-0.3, -0.25) is 0 Å². The normalized spacial score (nSPS) is 13.8. The fraction of sp³-hybridized carbons (Fsp3) is 0.222. The van der Waals surface area contributed by atoms with Crippen LogP contribution in [0.3, 0.4) is 0 Å². The largest absolute Gasteiger partial charge is 0.448 e. The molecule has 1 amide bonds. The number of hydrogen-bond donors (Lipinski definition) is 1. The molecule has 1 saturated heterocycles. The van der Waals surface area contributed by atoms with E-state index in [2.05, 4.69) is 44.8 Å². The van der Waals surface area contributed by atoms with E-state index >= 15 is 0 Å².